The summed E-state index contributed by atoms with van der Waals surface area (Å²) < 4.78 is 6.01. The number of ether oxygens (including phenoxy) is 1. The van der Waals surface area contributed by atoms with Crippen molar-refractivity contribution in [1.82, 2.24) is 15.2 Å². The van der Waals surface area contributed by atoms with Crippen molar-refractivity contribution in [2.24, 2.45) is 0 Å². The monoisotopic (exact) mass is 509 g/mol. The highest BCUT2D eigenvalue weighted by atomic mass is 16.5. The molecule has 0 spiro atoms. The van der Waals surface area contributed by atoms with Crippen LogP contribution in [0.15, 0.2) is 59.4 Å². The van der Waals surface area contributed by atoms with Gasteiger partial charge in [-0.05, 0) is 36.1 Å². The van der Waals surface area contributed by atoms with Gasteiger partial charge in [0.1, 0.15) is 5.75 Å². The summed E-state index contributed by atoms with van der Waals surface area (Å²) in [6.45, 7) is 8.75. The van der Waals surface area contributed by atoms with E-state index in [1.807, 2.05) is 6.07 Å². The van der Waals surface area contributed by atoms with E-state index in [0.29, 0.717) is 49.1 Å². The number of aromatic amines is 1. The standard InChI is InChI=1S/C29H39N3O5/c1-28(2,21-6-4-3-5-7-21)20-37-17-16-32-14-12-29(36,13-15-32)19-30-18-25(34)22-8-10-24(33)27-23(22)9-11-26(35)31-27/h3-11,25,30,33-34,36H,12-20H2,1-2H3,(H,31,35)/t25-/m0/s1. The number of rotatable bonds is 11. The van der Waals surface area contributed by atoms with Gasteiger partial charge >= 0.3 is 0 Å². The van der Waals surface area contributed by atoms with E-state index in [0.717, 1.165) is 19.6 Å². The minimum Gasteiger partial charge on any atom is -0.506 e. The molecular weight excluding hydrogens is 470 g/mol. The molecule has 1 aromatic heterocycles. The van der Waals surface area contributed by atoms with Crippen LogP contribution in [0.25, 0.3) is 10.9 Å². The van der Waals surface area contributed by atoms with E-state index >= 15 is 0 Å². The number of aromatic hydroxyl groups is 1. The molecule has 0 bridgehead atoms. The van der Waals surface area contributed by atoms with E-state index < -0.39 is 11.7 Å². The average molecular weight is 510 g/mol. The van der Waals surface area contributed by atoms with Gasteiger partial charge in [-0.15, -0.1) is 0 Å². The van der Waals surface area contributed by atoms with E-state index in [2.05, 4.69) is 53.3 Å². The number of hydrogen-bond donors (Lipinski definition) is 5. The second-order valence-electron chi connectivity index (χ2n) is 10.8. The molecule has 8 nitrogen and oxygen atoms in total. The number of H-pyrrole nitrogens is 1. The second-order valence-corrected chi connectivity index (χ2v) is 10.8. The highest BCUT2D eigenvalue weighted by Gasteiger charge is 2.32. The van der Waals surface area contributed by atoms with Crippen LogP contribution in [0.1, 0.15) is 43.9 Å². The third-order valence-corrected chi connectivity index (χ3v) is 7.41. The zero-order valence-corrected chi connectivity index (χ0v) is 21.7. The van der Waals surface area contributed by atoms with E-state index in [-0.39, 0.29) is 23.3 Å². The number of nitrogens with one attached hydrogen (secondary N) is 2. The Hall–Kier alpha value is -2.75. The third kappa shape index (κ3) is 6.97. The Morgan fingerprint density at radius 2 is 1.84 bits per heavy atom. The van der Waals surface area contributed by atoms with Gasteiger partial charge in [0.2, 0.25) is 5.56 Å². The minimum absolute atomic E-state index is 0.0384. The Morgan fingerprint density at radius 3 is 2.57 bits per heavy atom. The fraction of sp³-hybridized carbons (Fsp3) is 0.483. The summed E-state index contributed by atoms with van der Waals surface area (Å²) in [5, 5.41) is 35.6. The first-order valence-electron chi connectivity index (χ1n) is 13.0. The maximum atomic E-state index is 11.6. The van der Waals surface area contributed by atoms with Crippen LogP contribution in [0.5, 0.6) is 5.75 Å². The van der Waals surface area contributed by atoms with Crippen molar-refractivity contribution < 1.29 is 20.1 Å². The lowest BCUT2D eigenvalue weighted by atomic mass is 9.86. The smallest absolute Gasteiger partial charge is 0.248 e. The zero-order valence-electron chi connectivity index (χ0n) is 21.7. The molecule has 0 saturated carbocycles. The predicted octanol–water partition coefficient (Wildman–Crippen LogP) is 2.68. The number of nitrogens with zero attached hydrogens (tertiary/aromatic N) is 1. The summed E-state index contributed by atoms with van der Waals surface area (Å²) in [6, 6.07) is 16.5. The Balaban J connectivity index is 1.19. The van der Waals surface area contributed by atoms with Gasteiger partial charge in [0.15, 0.2) is 0 Å². The first kappa shape index (κ1) is 27.3. The summed E-state index contributed by atoms with van der Waals surface area (Å²) >= 11 is 0. The van der Waals surface area contributed by atoms with Crippen molar-refractivity contribution in [3.8, 4) is 5.75 Å². The van der Waals surface area contributed by atoms with E-state index in [9.17, 15) is 20.1 Å². The maximum absolute atomic E-state index is 11.6. The molecule has 3 aromatic rings. The molecule has 200 valence electrons. The molecule has 0 amide bonds. The molecule has 8 heteroatoms. The van der Waals surface area contributed by atoms with Gasteiger partial charge in [0.05, 0.1) is 30.4 Å². The number of aliphatic hydroxyl groups excluding tert-OH is 1. The van der Waals surface area contributed by atoms with Gasteiger partial charge in [-0.25, -0.2) is 0 Å². The van der Waals surface area contributed by atoms with E-state index in [1.54, 1.807) is 12.1 Å². The molecule has 1 aliphatic heterocycles. The predicted molar refractivity (Wildman–Crippen MR) is 145 cm³/mol. The van der Waals surface area contributed by atoms with Crippen LogP contribution in [-0.2, 0) is 10.2 Å². The summed E-state index contributed by atoms with van der Waals surface area (Å²) in [4.78, 5) is 16.5. The molecule has 0 radical (unpaired) electrons. The SMILES string of the molecule is CC(C)(COCCN1CCC(O)(CNC[C@H](O)c2ccc(O)c3[nH]c(=O)ccc23)CC1)c1ccccc1. The molecule has 37 heavy (non-hydrogen) atoms. The first-order valence-corrected chi connectivity index (χ1v) is 13.0. The fourth-order valence-corrected chi connectivity index (χ4v) is 4.96. The van der Waals surface area contributed by atoms with Gasteiger partial charge in [0, 0.05) is 49.6 Å². The number of fused-ring (bicyclic) bond motifs is 1. The quantitative estimate of drug-likeness (QED) is 0.252. The van der Waals surface area contributed by atoms with Crippen LogP contribution >= 0.6 is 0 Å². The number of phenols is 1. The molecule has 2 aromatic carbocycles. The Kier molecular flexibility index (Phi) is 8.67. The number of aliphatic hydroxyl groups is 2. The van der Waals surface area contributed by atoms with Crippen molar-refractivity contribution in [3.05, 3.63) is 76.1 Å². The van der Waals surface area contributed by atoms with Crippen molar-refractivity contribution in [2.45, 2.75) is 43.8 Å². The molecule has 4 rings (SSSR count). The Morgan fingerprint density at radius 1 is 1.11 bits per heavy atom. The van der Waals surface area contributed by atoms with Crippen LogP contribution in [0.3, 0.4) is 0 Å². The second kappa shape index (κ2) is 11.8. The Bertz CT molecular complexity index is 1220. The van der Waals surface area contributed by atoms with Crippen molar-refractivity contribution in [3.63, 3.8) is 0 Å². The molecule has 2 heterocycles. The highest BCUT2D eigenvalue weighted by molar-refractivity contribution is 5.87. The van der Waals surface area contributed by atoms with Crippen LogP contribution in [0.2, 0.25) is 0 Å². The van der Waals surface area contributed by atoms with Crippen LogP contribution in [0.4, 0.5) is 0 Å². The lowest BCUT2D eigenvalue weighted by Gasteiger charge is -2.38. The van der Waals surface area contributed by atoms with Crippen LogP contribution in [-0.4, -0.2) is 76.7 Å². The maximum Gasteiger partial charge on any atom is 0.248 e. The van der Waals surface area contributed by atoms with Crippen LogP contribution in [0, 0.1) is 0 Å². The molecule has 1 saturated heterocycles. The van der Waals surface area contributed by atoms with Crippen molar-refractivity contribution in [2.75, 3.05) is 45.9 Å². The van der Waals surface area contributed by atoms with Gasteiger partial charge in [-0.1, -0.05) is 50.2 Å². The highest BCUT2D eigenvalue weighted by Crippen LogP contribution is 2.29. The van der Waals surface area contributed by atoms with Gasteiger partial charge in [0.25, 0.3) is 0 Å². The normalized spacial score (nSPS) is 17.2. The summed E-state index contributed by atoms with van der Waals surface area (Å²) in [7, 11) is 0. The number of likely N-dealkylation sites (tertiary alicyclic amines) is 1. The van der Waals surface area contributed by atoms with Crippen LogP contribution < -0.4 is 10.9 Å². The number of hydrogen-bond acceptors (Lipinski definition) is 7. The number of benzene rings is 2. The number of phenolic OH excluding ortho intramolecular Hbond substituents is 1. The van der Waals surface area contributed by atoms with Gasteiger partial charge in [-0.2, -0.15) is 0 Å². The van der Waals surface area contributed by atoms with Gasteiger partial charge < -0.3 is 35.3 Å². The summed E-state index contributed by atoms with van der Waals surface area (Å²) in [5.41, 5.74) is 1.00. The minimum atomic E-state index is -0.852. The Labute approximate surface area is 217 Å². The molecule has 0 aliphatic carbocycles. The largest absolute Gasteiger partial charge is 0.506 e. The molecule has 0 unspecified atom stereocenters. The van der Waals surface area contributed by atoms with E-state index in [1.165, 1.54) is 17.7 Å². The van der Waals surface area contributed by atoms with E-state index in [4.69, 9.17) is 4.74 Å². The number of pyridine rings is 1. The topological polar surface area (TPSA) is 118 Å². The lowest BCUT2D eigenvalue weighted by Crippen LogP contribution is -2.50. The molecule has 1 fully saturated rings. The molecular formula is C29H39N3O5. The number of piperidine rings is 1. The van der Waals surface area contributed by atoms with Crippen molar-refractivity contribution in [1.29, 1.82) is 0 Å². The molecule has 1 atom stereocenters. The molecule has 1 aliphatic rings. The van der Waals surface area contributed by atoms with Crippen molar-refractivity contribution >= 4 is 10.9 Å². The molecule has 5 N–H and O–H groups in total. The summed E-state index contributed by atoms with van der Waals surface area (Å²) in [6.07, 6.45) is 0.444. The van der Waals surface area contributed by atoms with Gasteiger partial charge in [-0.3, -0.25) is 4.79 Å². The zero-order chi connectivity index (χ0) is 26.5. The summed E-state index contributed by atoms with van der Waals surface area (Å²) in [5.74, 6) is -0.0389. The fourth-order valence-electron chi connectivity index (χ4n) is 4.96. The third-order valence-electron chi connectivity index (χ3n) is 7.41. The first-order chi connectivity index (χ1) is 17.7. The lowest BCUT2D eigenvalue weighted by molar-refractivity contribution is -0.0280. The number of aromatic nitrogens is 1. The average Bonchev–Trinajstić information content (AvgIpc) is 2.89.